The van der Waals surface area contributed by atoms with Crippen LogP contribution in [0.5, 0.6) is 0 Å². The minimum absolute atomic E-state index is 0.0318. The number of carbonyl (C=O) groups is 1. The number of amides is 1. The molecule has 0 aliphatic heterocycles. The number of nitrogens with two attached hydrogens (primary N) is 1. The van der Waals surface area contributed by atoms with Gasteiger partial charge in [-0.05, 0) is 104 Å². The van der Waals surface area contributed by atoms with Crippen molar-refractivity contribution in [3.8, 4) is 0 Å². The van der Waals surface area contributed by atoms with Crippen LogP contribution in [0.2, 0.25) is 5.15 Å². The van der Waals surface area contributed by atoms with Gasteiger partial charge in [0.15, 0.2) is 22.5 Å². The second-order valence-corrected chi connectivity index (χ2v) is 10.8. The first kappa shape index (κ1) is 30.4. The third-order valence-electron chi connectivity index (χ3n) is 6.07. The van der Waals surface area contributed by atoms with Gasteiger partial charge in [0, 0.05) is 27.3 Å². The Morgan fingerprint density at radius 1 is 1.05 bits per heavy atom. The summed E-state index contributed by atoms with van der Waals surface area (Å²) in [6.07, 6.45) is 4.98. The Kier molecular flexibility index (Phi) is 12.6. The zero-order chi connectivity index (χ0) is 28.0. The number of azide groups is 1. The molecule has 1 aromatic heterocycles. The summed E-state index contributed by atoms with van der Waals surface area (Å²) in [6.45, 7) is 2.99. The van der Waals surface area contributed by atoms with E-state index in [-0.39, 0.29) is 22.6 Å². The fourth-order valence-electron chi connectivity index (χ4n) is 3.89. The molecular formula is C27H33ClIN9O. The molecule has 0 aliphatic rings. The molecule has 1 heterocycles. The van der Waals surface area contributed by atoms with Crippen LogP contribution in [0.4, 0.5) is 17.3 Å². The number of carbonyl (C=O) groups excluding carboxylic acids is 1. The van der Waals surface area contributed by atoms with Gasteiger partial charge < -0.3 is 21.3 Å². The van der Waals surface area contributed by atoms with Gasteiger partial charge >= 0.3 is 0 Å². The summed E-state index contributed by atoms with van der Waals surface area (Å²) < 4.78 is 1.15. The molecule has 206 valence electrons. The van der Waals surface area contributed by atoms with E-state index in [0.717, 1.165) is 54.3 Å². The number of hydrogen-bond donors (Lipinski definition) is 3. The number of nitrogens with zero attached hydrogens (tertiary/aromatic N) is 6. The molecule has 0 saturated carbocycles. The minimum atomic E-state index is -0.383. The van der Waals surface area contributed by atoms with Crippen LogP contribution in [0.3, 0.4) is 0 Å². The number of nitrogens with one attached hydrogen (secondary N) is 2. The van der Waals surface area contributed by atoms with Crippen molar-refractivity contribution in [2.24, 2.45) is 5.11 Å². The summed E-state index contributed by atoms with van der Waals surface area (Å²) in [6, 6.07) is 15.8. The molecule has 1 amide bonds. The van der Waals surface area contributed by atoms with Gasteiger partial charge in [0.2, 0.25) is 0 Å². The molecule has 0 saturated heterocycles. The van der Waals surface area contributed by atoms with Crippen LogP contribution in [-0.2, 0) is 13.0 Å². The van der Waals surface area contributed by atoms with Gasteiger partial charge in [-0.2, -0.15) is 0 Å². The second kappa shape index (κ2) is 16.1. The van der Waals surface area contributed by atoms with Gasteiger partial charge in [-0.15, -0.1) is 0 Å². The summed E-state index contributed by atoms with van der Waals surface area (Å²) in [5.41, 5.74) is 17.5. The first-order valence-electron chi connectivity index (χ1n) is 12.8. The fraction of sp³-hybridized carbons (Fsp3) is 0.370. The predicted octanol–water partition coefficient (Wildman–Crippen LogP) is 6.34. The topological polar surface area (TPSA) is 145 Å². The summed E-state index contributed by atoms with van der Waals surface area (Å²) in [5, 5.41) is 9.68. The zero-order valence-corrected chi connectivity index (χ0v) is 24.8. The number of hydrogen-bond acceptors (Lipinski definition) is 7. The molecule has 0 radical (unpaired) electrons. The molecule has 3 rings (SSSR count). The SMILES string of the molecule is CN(CCCCNC(=O)c1nc(Cl)c(NCc2ccc(I)cc2)nc1N)CCCCc1ccc(N=[N+]=[N-])cc1. The molecule has 0 fully saturated rings. The monoisotopic (exact) mass is 661 g/mol. The van der Waals surface area contributed by atoms with Gasteiger partial charge in [-0.3, -0.25) is 4.79 Å². The number of aromatic nitrogens is 2. The van der Waals surface area contributed by atoms with Crippen molar-refractivity contribution in [2.75, 3.05) is 37.7 Å². The first-order valence-corrected chi connectivity index (χ1v) is 14.2. The largest absolute Gasteiger partial charge is 0.382 e. The number of anilines is 2. The van der Waals surface area contributed by atoms with E-state index in [1.54, 1.807) is 0 Å². The smallest absolute Gasteiger partial charge is 0.273 e. The van der Waals surface area contributed by atoms with Crippen LogP contribution in [0.25, 0.3) is 10.4 Å². The molecule has 2 aromatic carbocycles. The van der Waals surface area contributed by atoms with Gasteiger partial charge in [0.1, 0.15) is 0 Å². The molecule has 0 atom stereocenters. The Hall–Kier alpha value is -3.12. The standard InChI is InChI=1S/C27H33ClIN9O/c1-38(16-4-2-6-19-9-13-22(14-10-19)36-37-31)17-5-3-15-32-27(39)23-25(30)35-26(24(28)34-23)33-18-20-7-11-21(29)12-8-20/h7-14H,2-6,15-18H2,1H3,(H,32,39)(H3,30,33,35). The van der Waals surface area contributed by atoms with Crippen molar-refractivity contribution in [1.82, 2.24) is 20.2 Å². The van der Waals surface area contributed by atoms with Crippen molar-refractivity contribution in [1.29, 1.82) is 0 Å². The molecule has 3 aromatic rings. The molecule has 0 unspecified atom stereocenters. The lowest BCUT2D eigenvalue weighted by Crippen LogP contribution is -2.28. The van der Waals surface area contributed by atoms with Crippen LogP contribution < -0.4 is 16.4 Å². The summed E-state index contributed by atoms with van der Waals surface area (Å²) in [7, 11) is 2.11. The Balaban J connectivity index is 1.31. The fourth-order valence-corrected chi connectivity index (χ4v) is 4.44. The number of unbranched alkanes of at least 4 members (excludes halogenated alkanes) is 2. The Labute approximate surface area is 247 Å². The van der Waals surface area contributed by atoms with E-state index in [1.165, 1.54) is 5.56 Å². The maximum absolute atomic E-state index is 12.6. The van der Waals surface area contributed by atoms with E-state index in [2.05, 4.69) is 65.2 Å². The Morgan fingerprint density at radius 3 is 2.41 bits per heavy atom. The number of benzene rings is 2. The van der Waals surface area contributed by atoms with Gasteiger partial charge in [-0.1, -0.05) is 53.1 Å². The quantitative estimate of drug-likeness (QED) is 0.0570. The van der Waals surface area contributed by atoms with E-state index in [4.69, 9.17) is 22.9 Å². The Bertz CT molecular complexity index is 1270. The maximum Gasteiger partial charge on any atom is 0.273 e. The number of rotatable bonds is 15. The molecule has 0 bridgehead atoms. The number of aryl methyl sites for hydroxylation is 1. The lowest BCUT2D eigenvalue weighted by Gasteiger charge is -2.16. The third kappa shape index (κ3) is 10.5. The minimum Gasteiger partial charge on any atom is -0.382 e. The Morgan fingerprint density at radius 2 is 1.72 bits per heavy atom. The van der Waals surface area contributed by atoms with Crippen LogP contribution in [0.15, 0.2) is 53.6 Å². The van der Waals surface area contributed by atoms with Crippen LogP contribution in [0, 0.1) is 3.57 Å². The lowest BCUT2D eigenvalue weighted by molar-refractivity contribution is 0.0948. The average molecular weight is 662 g/mol. The van der Waals surface area contributed by atoms with Crippen molar-refractivity contribution in [3.63, 3.8) is 0 Å². The van der Waals surface area contributed by atoms with Crippen LogP contribution in [-0.4, -0.2) is 47.5 Å². The molecular weight excluding hydrogens is 629 g/mol. The number of nitrogen functional groups attached to an aromatic ring is 1. The van der Waals surface area contributed by atoms with Crippen LogP contribution in [0.1, 0.15) is 47.3 Å². The van der Waals surface area contributed by atoms with Crippen molar-refractivity contribution in [2.45, 2.75) is 38.6 Å². The number of halogens is 2. The maximum atomic E-state index is 12.6. The average Bonchev–Trinajstić information content (AvgIpc) is 2.93. The lowest BCUT2D eigenvalue weighted by atomic mass is 10.1. The van der Waals surface area contributed by atoms with E-state index in [9.17, 15) is 4.79 Å². The second-order valence-electron chi connectivity index (χ2n) is 9.16. The summed E-state index contributed by atoms with van der Waals surface area (Å²) in [4.78, 5) is 26.1. The van der Waals surface area contributed by atoms with Crippen LogP contribution >= 0.6 is 34.2 Å². The highest BCUT2D eigenvalue weighted by molar-refractivity contribution is 14.1. The predicted molar refractivity (Wildman–Crippen MR) is 165 cm³/mol. The highest BCUT2D eigenvalue weighted by Gasteiger charge is 2.16. The molecule has 12 heteroatoms. The molecule has 4 N–H and O–H groups in total. The third-order valence-corrected chi connectivity index (χ3v) is 7.06. The van der Waals surface area contributed by atoms with E-state index in [1.807, 2.05) is 48.5 Å². The van der Waals surface area contributed by atoms with Crippen molar-refractivity contribution >= 4 is 57.4 Å². The van der Waals surface area contributed by atoms with Crippen molar-refractivity contribution < 1.29 is 4.79 Å². The summed E-state index contributed by atoms with van der Waals surface area (Å²) in [5.74, 6) is -0.00390. The summed E-state index contributed by atoms with van der Waals surface area (Å²) >= 11 is 8.52. The van der Waals surface area contributed by atoms with Gasteiger partial charge in [-0.25, -0.2) is 9.97 Å². The first-order chi connectivity index (χ1) is 18.9. The molecule has 39 heavy (non-hydrogen) atoms. The van der Waals surface area contributed by atoms with E-state index >= 15 is 0 Å². The van der Waals surface area contributed by atoms with Gasteiger partial charge in [0.25, 0.3) is 5.91 Å². The van der Waals surface area contributed by atoms with Gasteiger partial charge in [0.05, 0.1) is 0 Å². The molecule has 0 spiro atoms. The highest BCUT2D eigenvalue weighted by Crippen LogP contribution is 2.21. The highest BCUT2D eigenvalue weighted by atomic mass is 127. The molecule has 10 nitrogen and oxygen atoms in total. The van der Waals surface area contributed by atoms with Crippen molar-refractivity contribution in [3.05, 3.63) is 84.5 Å². The normalized spacial score (nSPS) is 10.8. The van der Waals surface area contributed by atoms with E-state index in [0.29, 0.717) is 24.6 Å². The van der Waals surface area contributed by atoms with E-state index < -0.39 is 0 Å². The zero-order valence-electron chi connectivity index (χ0n) is 21.9. The molecule has 0 aliphatic carbocycles.